The van der Waals surface area contributed by atoms with Gasteiger partial charge in [-0.2, -0.15) is 0 Å². The summed E-state index contributed by atoms with van der Waals surface area (Å²) in [5.41, 5.74) is 3.97. The van der Waals surface area contributed by atoms with Gasteiger partial charge in [0.25, 0.3) is 0 Å². The van der Waals surface area contributed by atoms with Gasteiger partial charge in [0.1, 0.15) is 17.6 Å². The summed E-state index contributed by atoms with van der Waals surface area (Å²) in [5, 5.41) is 13.3. The number of hydrogen-bond acceptors (Lipinski definition) is 5. The van der Waals surface area contributed by atoms with E-state index in [1.807, 2.05) is 37.4 Å². The van der Waals surface area contributed by atoms with Crippen LogP contribution in [0.2, 0.25) is 0 Å². The van der Waals surface area contributed by atoms with Gasteiger partial charge in [0.15, 0.2) is 0 Å². The molecule has 1 aliphatic rings. The zero-order valence-electron chi connectivity index (χ0n) is 19.8. The monoisotopic (exact) mass is 425 g/mol. The summed E-state index contributed by atoms with van der Waals surface area (Å²) in [6, 6.07) is 9.94. The zero-order valence-corrected chi connectivity index (χ0v) is 19.8. The Kier molecular flexibility index (Phi) is 10.5. The first kappa shape index (κ1) is 24.9. The van der Waals surface area contributed by atoms with Gasteiger partial charge in [0, 0.05) is 19.5 Å². The summed E-state index contributed by atoms with van der Waals surface area (Å²) in [6.45, 7) is 11.6. The Hall–Kier alpha value is -2.37. The lowest BCUT2D eigenvalue weighted by molar-refractivity contribution is 0.250. The van der Waals surface area contributed by atoms with E-state index in [-0.39, 0.29) is 11.9 Å². The number of aliphatic imine (C=N–C) groups is 1. The Bertz CT molecular complexity index is 799. The van der Waals surface area contributed by atoms with Crippen molar-refractivity contribution in [3.8, 4) is 5.75 Å². The lowest BCUT2D eigenvalue weighted by Crippen LogP contribution is -2.33. The summed E-state index contributed by atoms with van der Waals surface area (Å²) >= 11 is 0. The van der Waals surface area contributed by atoms with Gasteiger partial charge in [-0.25, -0.2) is 0 Å². The van der Waals surface area contributed by atoms with Crippen molar-refractivity contribution in [2.75, 3.05) is 33.2 Å². The molecule has 0 saturated heterocycles. The van der Waals surface area contributed by atoms with Crippen LogP contribution in [0.25, 0.3) is 0 Å². The number of aliphatic hydroxyl groups excluding tert-OH is 1. The van der Waals surface area contributed by atoms with Crippen LogP contribution in [-0.4, -0.2) is 55.0 Å². The van der Waals surface area contributed by atoms with Crippen LogP contribution in [0.4, 0.5) is 0 Å². The molecule has 0 aliphatic heterocycles. The molecule has 2 N–H and O–H groups in total. The quantitative estimate of drug-likeness (QED) is 0.353. The number of likely N-dealkylation sites (N-methyl/N-ethyl adjacent to an activating group) is 1. The van der Waals surface area contributed by atoms with Crippen LogP contribution in [0.1, 0.15) is 47.0 Å². The van der Waals surface area contributed by atoms with Gasteiger partial charge in [0.05, 0.1) is 11.4 Å². The fourth-order valence-electron chi connectivity index (χ4n) is 3.74. The third-order valence-electron chi connectivity index (χ3n) is 5.26. The highest BCUT2D eigenvalue weighted by atomic mass is 16.5. The number of allylic oxidation sites excluding steroid dienone is 2. The Labute approximate surface area is 188 Å². The van der Waals surface area contributed by atoms with Crippen molar-refractivity contribution >= 4 is 5.71 Å². The van der Waals surface area contributed by atoms with Crippen LogP contribution in [0, 0.1) is 0 Å². The molecule has 0 bridgehead atoms. The smallest absolute Gasteiger partial charge is 0.121 e. The largest absolute Gasteiger partial charge is 0.511 e. The molecule has 1 aromatic carbocycles. The number of ether oxygens (including phenoxy) is 1. The van der Waals surface area contributed by atoms with Crippen molar-refractivity contribution in [3.05, 3.63) is 65.1 Å². The molecule has 5 nitrogen and oxygen atoms in total. The van der Waals surface area contributed by atoms with E-state index in [1.54, 1.807) is 6.92 Å². The average molecular weight is 426 g/mol. The summed E-state index contributed by atoms with van der Waals surface area (Å²) in [4.78, 5) is 7.41. The highest BCUT2D eigenvalue weighted by Crippen LogP contribution is 2.25. The highest BCUT2D eigenvalue weighted by Gasteiger charge is 2.21. The van der Waals surface area contributed by atoms with Crippen LogP contribution in [0.3, 0.4) is 0 Å². The standard InChI is InChI=1S/C26H39N3O2/c1-6-15-29(16-7-2)19-26(28-25(18-27-5)21(4)30)24-17-23(14-13-20(24)3)31-22-11-9-8-10-12-22/h8-13,17,23,27,30H,6-7,14-16,18-19H2,1-5H3/b25-21+,28-26?. The zero-order chi connectivity index (χ0) is 22.6. The second-order valence-electron chi connectivity index (χ2n) is 8.07. The molecule has 5 heteroatoms. The Morgan fingerprint density at radius 1 is 1.19 bits per heavy atom. The van der Waals surface area contributed by atoms with Crippen molar-refractivity contribution in [3.63, 3.8) is 0 Å². The molecule has 1 unspecified atom stereocenters. The number of nitrogens with one attached hydrogen (secondary N) is 1. The predicted molar refractivity (Wildman–Crippen MR) is 131 cm³/mol. The second kappa shape index (κ2) is 13.1. The van der Waals surface area contributed by atoms with Crippen LogP contribution in [0.5, 0.6) is 5.75 Å². The van der Waals surface area contributed by atoms with Gasteiger partial charge in [-0.15, -0.1) is 0 Å². The molecule has 0 saturated carbocycles. The van der Waals surface area contributed by atoms with Gasteiger partial charge in [-0.3, -0.25) is 9.89 Å². The van der Waals surface area contributed by atoms with E-state index in [0.29, 0.717) is 12.2 Å². The first-order chi connectivity index (χ1) is 15.0. The third-order valence-corrected chi connectivity index (χ3v) is 5.26. The van der Waals surface area contributed by atoms with Crippen molar-refractivity contribution in [2.45, 2.75) is 53.1 Å². The van der Waals surface area contributed by atoms with Gasteiger partial charge < -0.3 is 15.2 Å². The van der Waals surface area contributed by atoms with E-state index in [0.717, 1.165) is 55.9 Å². The first-order valence-electron chi connectivity index (χ1n) is 11.4. The molecule has 0 spiro atoms. The minimum atomic E-state index is -0.0379. The summed E-state index contributed by atoms with van der Waals surface area (Å²) in [7, 11) is 1.87. The summed E-state index contributed by atoms with van der Waals surface area (Å²) < 4.78 is 6.22. The number of hydrogen-bond donors (Lipinski definition) is 2. The second-order valence-corrected chi connectivity index (χ2v) is 8.07. The number of rotatable bonds is 12. The number of benzene rings is 1. The van der Waals surface area contributed by atoms with Crippen LogP contribution in [0.15, 0.2) is 70.1 Å². The van der Waals surface area contributed by atoms with E-state index < -0.39 is 0 Å². The van der Waals surface area contributed by atoms with E-state index in [4.69, 9.17) is 9.73 Å². The minimum absolute atomic E-state index is 0.0379. The lowest BCUT2D eigenvalue weighted by atomic mass is 9.93. The maximum atomic E-state index is 10.2. The fraction of sp³-hybridized carbons (Fsp3) is 0.500. The molecular formula is C26H39N3O2. The van der Waals surface area contributed by atoms with Crippen molar-refractivity contribution in [2.24, 2.45) is 4.99 Å². The highest BCUT2D eigenvalue weighted by molar-refractivity contribution is 6.06. The van der Waals surface area contributed by atoms with Gasteiger partial charge in [0.2, 0.25) is 0 Å². The summed E-state index contributed by atoms with van der Waals surface area (Å²) in [6.07, 6.45) is 7.42. The van der Waals surface area contributed by atoms with Crippen LogP contribution in [-0.2, 0) is 0 Å². The predicted octanol–water partition coefficient (Wildman–Crippen LogP) is 5.28. The maximum absolute atomic E-state index is 10.2. The molecule has 31 heavy (non-hydrogen) atoms. The van der Waals surface area contributed by atoms with E-state index in [2.05, 4.69) is 43.1 Å². The van der Waals surface area contributed by atoms with Gasteiger partial charge >= 0.3 is 0 Å². The number of nitrogens with zero attached hydrogens (tertiary/aromatic N) is 2. The molecule has 2 rings (SSSR count). The normalized spacial score (nSPS) is 17.9. The first-order valence-corrected chi connectivity index (χ1v) is 11.4. The molecule has 0 amide bonds. The minimum Gasteiger partial charge on any atom is -0.511 e. The molecule has 0 fully saturated rings. The van der Waals surface area contributed by atoms with Crippen molar-refractivity contribution in [1.82, 2.24) is 10.2 Å². The molecule has 170 valence electrons. The molecular weight excluding hydrogens is 386 g/mol. The van der Waals surface area contributed by atoms with Crippen LogP contribution >= 0.6 is 0 Å². The third kappa shape index (κ3) is 8.00. The topological polar surface area (TPSA) is 57.1 Å². The van der Waals surface area contributed by atoms with E-state index in [9.17, 15) is 5.11 Å². The molecule has 1 aliphatic carbocycles. The van der Waals surface area contributed by atoms with Crippen LogP contribution < -0.4 is 10.1 Å². The molecule has 1 atom stereocenters. The molecule has 0 aromatic heterocycles. The molecule has 0 heterocycles. The Morgan fingerprint density at radius 3 is 2.45 bits per heavy atom. The Morgan fingerprint density at radius 2 is 1.87 bits per heavy atom. The molecule has 0 radical (unpaired) electrons. The number of aliphatic hydroxyl groups is 1. The van der Waals surface area contributed by atoms with Gasteiger partial charge in [-0.1, -0.05) is 38.1 Å². The summed E-state index contributed by atoms with van der Waals surface area (Å²) in [5.74, 6) is 1.12. The number of para-hydroxylation sites is 1. The van der Waals surface area contributed by atoms with E-state index >= 15 is 0 Å². The van der Waals surface area contributed by atoms with Crippen molar-refractivity contribution in [1.29, 1.82) is 0 Å². The van der Waals surface area contributed by atoms with E-state index in [1.165, 1.54) is 5.57 Å². The fourth-order valence-corrected chi connectivity index (χ4v) is 3.74. The molecule has 1 aromatic rings. The Balaban J connectivity index is 2.41. The average Bonchev–Trinajstić information content (AvgIpc) is 2.75. The maximum Gasteiger partial charge on any atom is 0.121 e. The van der Waals surface area contributed by atoms with Crippen molar-refractivity contribution < 1.29 is 9.84 Å². The SMILES string of the molecule is CCCN(CCC)CC(=N/C(CNC)=C(\C)O)C1=CC(Oc2ccccc2)CC=C1C. The lowest BCUT2D eigenvalue weighted by Gasteiger charge is -2.27. The van der Waals surface area contributed by atoms with Gasteiger partial charge in [-0.05, 0) is 76.2 Å².